The van der Waals surface area contributed by atoms with Gasteiger partial charge in [0.05, 0.1) is 12.1 Å². The van der Waals surface area contributed by atoms with Crippen LogP contribution in [-0.4, -0.2) is 25.2 Å². The zero-order valence-electron chi connectivity index (χ0n) is 16.1. The molecule has 1 aliphatic heterocycles. The quantitative estimate of drug-likeness (QED) is 0.766. The van der Waals surface area contributed by atoms with E-state index in [9.17, 15) is 9.18 Å². The van der Waals surface area contributed by atoms with Gasteiger partial charge in [0.25, 0.3) is 0 Å². The number of nitrogens with two attached hydrogens (primary N) is 1. The van der Waals surface area contributed by atoms with Crippen molar-refractivity contribution in [3.05, 3.63) is 65.5 Å². The fourth-order valence-electron chi connectivity index (χ4n) is 3.28. The van der Waals surface area contributed by atoms with Gasteiger partial charge in [0.2, 0.25) is 5.91 Å². The molecule has 0 saturated carbocycles. The first-order valence-corrected chi connectivity index (χ1v) is 9.64. The Morgan fingerprint density at radius 2 is 1.82 bits per heavy atom. The summed E-state index contributed by atoms with van der Waals surface area (Å²) in [6.07, 6.45) is 1.64. The van der Waals surface area contributed by atoms with E-state index in [-0.39, 0.29) is 23.7 Å². The van der Waals surface area contributed by atoms with Gasteiger partial charge in [-0.25, -0.2) is 4.39 Å². The summed E-state index contributed by atoms with van der Waals surface area (Å²) in [5.74, 6) is 0.491. The lowest BCUT2D eigenvalue weighted by molar-refractivity contribution is -0.125. The lowest BCUT2D eigenvalue weighted by Gasteiger charge is -2.28. The standard InChI is InChI=1S/C22H27FN2O3/c1-15(25-22(26)21(24)18-10-12-27-13-11-18)17-4-8-20(9-5-17)28-14-16-2-6-19(23)7-3-16/h2-9,15,18,21H,10-14,24H2,1H3,(H,25,26). The van der Waals surface area contributed by atoms with Crippen molar-refractivity contribution in [2.24, 2.45) is 11.7 Å². The summed E-state index contributed by atoms with van der Waals surface area (Å²) in [6, 6.07) is 13.1. The zero-order valence-corrected chi connectivity index (χ0v) is 16.1. The fourth-order valence-corrected chi connectivity index (χ4v) is 3.28. The third kappa shape index (κ3) is 5.53. The third-order valence-electron chi connectivity index (χ3n) is 5.13. The monoisotopic (exact) mass is 386 g/mol. The number of halogens is 1. The van der Waals surface area contributed by atoms with Crippen LogP contribution in [0.15, 0.2) is 48.5 Å². The second-order valence-corrected chi connectivity index (χ2v) is 7.19. The molecule has 2 aromatic carbocycles. The van der Waals surface area contributed by atoms with E-state index in [0.717, 1.165) is 24.0 Å². The van der Waals surface area contributed by atoms with Crippen LogP contribution in [0, 0.1) is 11.7 Å². The minimum absolute atomic E-state index is 0.129. The van der Waals surface area contributed by atoms with E-state index in [1.807, 2.05) is 31.2 Å². The van der Waals surface area contributed by atoms with Crippen LogP contribution >= 0.6 is 0 Å². The molecule has 1 fully saturated rings. The maximum absolute atomic E-state index is 12.9. The van der Waals surface area contributed by atoms with Gasteiger partial charge in [0.1, 0.15) is 18.2 Å². The van der Waals surface area contributed by atoms with Crippen molar-refractivity contribution in [3.8, 4) is 5.75 Å². The van der Waals surface area contributed by atoms with Crippen LogP contribution in [0.4, 0.5) is 4.39 Å². The average Bonchev–Trinajstić information content (AvgIpc) is 2.73. The highest BCUT2D eigenvalue weighted by molar-refractivity contribution is 5.82. The van der Waals surface area contributed by atoms with E-state index >= 15 is 0 Å². The minimum Gasteiger partial charge on any atom is -0.489 e. The second-order valence-electron chi connectivity index (χ2n) is 7.19. The molecule has 0 radical (unpaired) electrons. The van der Waals surface area contributed by atoms with Gasteiger partial charge in [0, 0.05) is 13.2 Å². The number of rotatable bonds is 7. The molecular weight excluding hydrogens is 359 g/mol. The van der Waals surface area contributed by atoms with Gasteiger partial charge in [-0.3, -0.25) is 4.79 Å². The predicted molar refractivity (Wildman–Crippen MR) is 105 cm³/mol. The van der Waals surface area contributed by atoms with Crippen molar-refractivity contribution in [1.82, 2.24) is 5.32 Å². The van der Waals surface area contributed by atoms with Crippen molar-refractivity contribution in [3.63, 3.8) is 0 Å². The molecule has 5 nitrogen and oxygen atoms in total. The number of hydrogen-bond acceptors (Lipinski definition) is 4. The highest BCUT2D eigenvalue weighted by atomic mass is 19.1. The number of benzene rings is 2. The Morgan fingerprint density at radius 3 is 2.46 bits per heavy atom. The minimum atomic E-state index is -0.510. The van der Waals surface area contributed by atoms with Gasteiger partial charge in [-0.2, -0.15) is 0 Å². The number of carbonyl (C=O) groups is 1. The van der Waals surface area contributed by atoms with Crippen molar-refractivity contribution in [2.45, 2.75) is 38.5 Å². The van der Waals surface area contributed by atoms with Crippen molar-refractivity contribution in [2.75, 3.05) is 13.2 Å². The summed E-state index contributed by atoms with van der Waals surface area (Å²) in [7, 11) is 0. The first-order chi connectivity index (χ1) is 13.5. The Kier molecular flexibility index (Phi) is 7.01. The van der Waals surface area contributed by atoms with Crippen molar-refractivity contribution in [1.29, 1.82) is 0 Å². The molecule has 0 aliphatic carbocycles. The first kappa shape index (κ1) is 20.3. The van der Waals surface area contributed by atoms with Gasteiger partial charge >= 0.3 is 0 Å². The molecule has 1 aliphatic rings. The normalized spacial score (nSPS) is 17.0. The topological polar surface area (TPSA) is 73.6 Å². The summed E-state index contributed by atoms with van der Waals surface area (Å²) >= 11 is 0. The maximum Gasteiger partial charge on any atom is 0.237 e. The average molecular weight is 386 g/mol. The molecule has 28 heavy (non-hydrogen) atoms. The molecular formula is C22H27FN2O3. The first-order valence-electron chi connectivity index (χ1n) is 9.64. The largest absolute Gasteiger partial charge is 0.489 e. The highest BCUT2D eigenvalue weighted by Crippen LogP contribution is 2.21. The van der Waals surface area contributed by atoms with Gasteiger partial charge < -0.3 is 20.5 Å². The van der Waals surface area contributed by atoms with Gasteiger partial charge in [-0.1, -0.05) is 24.3 Å². The van der Waals surface area contributed by atoms with E-state index in [4.69, 9.17) is 15.2 Å². The Balaban J connectivity index is 1.50. The van der Waals surface area contributed by atoms with E-state index < -0.39 is 6.04 Å². The van der Waals surface area contributed by atoms with Crippen LogP contribution in [-0.2, 0) is 16.1 Å². The number of amides is 1. The second kappa shape index (κ2) is 9.66. The molecule has 0 bridgehead atoms. The van der Waals surface area contributed by atoms with Gasteiger partial charge in [0.15, 0.2) is 0 Å². The SMILES string of the molecule is CC(NC(=O)C(N)C1CCOCC1)c1ccc(OCc2ccc(F)cc2)cc1. The molecule has 6 heteroatoms. The van der Waals surface area contributed by atoms with E-state index in [2.05, 4.69) is 5.32 Å². The Bertz CT molecular complexity index is 758. The lowest BCUT2D eigenvalue weighted by atomic mass is 9.91. The molecule has 1 amide bonds. The predicted octanol–water partition coefficient (Wildman–Crippen LogP) is 3.34. The van der Waals surface area contributed by atoms with Crippen LogP contribution in [0.5, 0.6) is 5.75 Å². The van der Waals surface area contributed by atoms with E-state index in [0.29, 0.717) is 25.6 Å². The van der Waals surface area contributed by atoms with Gasteiger partial charge in [-0.15, -0.1) is 0 Å². The van der Waals surface area contributed by atoms with Crippen LogP contribution in [0.3, 0.4) is 0 Å². The Labute approximate surface area is 165 Å². The summed E-state index contributed by atoms with van der Waals surface area (Å²) < 4.78 is 24.0. The summed E-state index contributed by atoms with van der Waals surface area (Å²) in [5, 5.41) is 2.99. The molecule has 0 aromatic heterocycles. The number of carbonyl (C=O) groups excluding carboxylic acids is 1. The van der Waals surface area contributed by atoms with E-state index in [1.54, 1.807) is 12.1 Å². The van der Waals surface area contributed by atoms with Crippen LogP contribution in [0.1, 0.15) is 36.9 Å². The smallest absolute Gasteiger partial charge is 0.237 e. The summed E-state index contributed by atoms with van der Waals surface area (Å²) in [5.41, 5.74) is 8.01. The Hall–Kier alpha value is -2.44. The summed E-state index contributed by atoms with van der Waals surface area (Å²) in [4.78, 5) is 12.4. The Morgan fingerprint density at radius 1 is 1.18 bits per heavy atom. The lowest BCUT2D eigenvalue weighted by Crippen LogP contribution is -2.47. The molecule has 1 saturated heterocycles. The van der Waals surface area contributed by atoms with Crippen LogP contribution in [0.2, 0.25) is 0 Å². The van der Waals surface area contributed by atoms with Crippen LogP contribution in [0.25, 0.3) is 0 Å². The maximum atomic E-state index is 12.9. The molecule has 2 atom stereocenters. The van der Waals surface area contributed by atoms with E-state index in [1.165, 1.54) is 12.1 Å². The fraction of sp³-hybridized carbons (Fsp3) is 0.409. The molecule has 3 rings (SSSR count). The molecule has 150 valence electrons. The molecule has 0 spiro atoms. The third-order valence-corrected chi connectivity index (χ3v) is 5.13. The molecule has 1 heterocycles. The molecule has 2 unspecified atom stereocenters. The molecule has 3 N–H and O–H groups in total. The number of nitrogens with one attached hydrogen (secondary N) is 1. The van der Waals surface area contributed by atoms with Crippen molar-refractivity contribution >= 4 is 5.91 Å². The van der Waals surface area contributed by atoms with Crippen LogP contribution < -0.4 is 15.8 Å². The number of hydrogen-bond donors (Lipinski definition) is 2. The number of ether oxygens (including phenoxy) is 2. The highest BCUT2D eigenvalue weighted by Gasteiger charge is 2.27. The summed E-state index contributed by atoms with van der Waals surface area (Å²) in [6.45, 7) is 3.63. The zero-order chi connectivity index (χ0) is 19.9. The van der Waals surface area contributed by atoms with Crippen molar-refractivity contribution < 1.29 is 18.7 Å². The molecule has 2 aromatic rings. The van der Waals surface area contributed by atoms with Gasteiger partial charge in [-0.05, 0) is 61.1 Å².